The smallest absolute Gasteiger partial charge is 0.266 e. The Labute approximate surface area is 166 Å². The van der Waals surface area contributed by atoms with Gasteiger partial charge in [0.2, 0.25) is 0 Å². The summed E-state index contributed by atoms with van der Waals surface area (Å²) >= 11 is 7.44. The van der Waals surface area contributed by atoms with E-state index in [0.717, 1.165) is 5.56 Å². The van der Waals surface area contributed by atoms with Crippen molar-refractivity contribution in [3.63, 3.8) is 0 Å². The number of ether oxygens (including phenoxy) is 2. The van der Waals surface area contributed by atoms with Gasteiger partial charge >= 0.3 is 0 Å². The maximum Gasteiger partial charge on any atom is 0.266 e. The van der Waals surface area contributed by atoms with Gasteiger partial charge in [-0.05, 0) is 36.9 Å². The molecule has 0 spiro atoms. The van der Waals surface area contributed by atoms with Gasteiger partial charge in [-0.1, -0.05) is 23.7 Å². The Balaban J connectivity index is 2.01. The number of aliphatic imine (C=N–C) groups is 1. The Morgan fingerprint density at radius 1 is 1.30 bits per heavy atom. The molecule has 2 heterocycles. The Bertz CT molecular complexity index is 930. The van der Waals surface area contributed by atoms with Crippen LogP contribution in [0.15, 0.2) is 46.6 Å². The number of benzene rings is 1. The van der Waals surface area contributed by atoms with E-state index in [9.17, 15) is 4.79 Å². The molecule has 1 saturated heterocycles. The summed E-state index contributed by atoms with van der Waals surface area (Å²) < 4.78 is 10.8. The summed E-state index contributed by atoms with van der Waals surface area (Å²) in [5.74, 6) is 1.06. The predicted octanol–water partition coefficient (Wildman–Crippen LogP) is 4.38. The number of carbonyl (C=O) groups excluding carboxylic acids is 1. The van der Waals surface area contributed by atoms with Crippen molar-refractivity contribution in [3.8, 4) is 11.5 Å². The summed E-state index contributed by atoms with van der Waals surface area (Å²) in [6.07, 6.45) is 4.92. The highest BCUT2D eigenvalue weighted by Crippen LogP contribution is 2.38. The van der Waals surface area contributed by atoms with Gasteiger partial charge in [-0.3, -0.25) is 14.7 Å². The van der Waals surface area contributed by atoms with Crippen LogP contribution in [-0.4, -0.2) is 41.7 Å². The topological polar surface area (TPSA) is 64.0 Å². The number of nitrogens with zero attached hydrogens (tertiary/aromatic N) is 3. The number of likely N-dealkylation sites (N-methyl/N-ethyl adjacent to an activating group) is 1. The van der Waals surface area contributed by atoms with Crippen molar-refractivity contribution in [1.29, 1.82) is 0 Å². The van der Waals surface area contributed by atoms with Crippen LogP contribution in [0.3, 0.4) is 0 Å². The lowest BCUT2D eigenvalue weighted by Crippen LogP contribution is -2.28. The van der Waals surface area contributed by atoms with Gasteiger partial charge in [0.25, 0.3) is 5.91 Å². The summed E-state index contributed by atoms with van der Waals surface area (Å²) in [5, 5.41) is 1.00. The second-order valence-electron chi connectivity index (χ2n) is 5.46. The number of carbonyl (C=O) groups is 1. The van der Waals surface area contributed by atoms with Crippen molar-refractivity contribution in [3.05, 3.63) is 52.2 Å². The number of hydrogen-bond acceptors (Lipinski definition) is 6. The van der Waals surface area contributed by atoms with E-state index in [1.165, 1.54) is 18.0 Å². The number of amides is 1. The van der Waals surface area contributed by atoms with Gasteiger partial charge in [0.15, 0.2) is 16.7 Å². The quantitative estimate of drug-likeness (QED) is 0.693. The van der Waals surface area contributed by atoms with E-state index in [0.29, 0.717) is 38.8 Å². The molecule has 6 nitrogen and oxygen atoms in total. The molecular formula is C19H18ClN3O3S. The molecule has 1 amide bonds. The third-order valence-electron chi connectivity index (χ3n) is 3.89. The highest BCUT2D eigenvalue weighted by Gasteiger charge is 2.32. The minimum atomic E-state index is -0.115. The van der Waals surface area contributed by atoms with Crippen molar-refractivity contribution in [2.45, 2.75) is 6.92 Å². The van der Waals surface area contributed by atoms with Crippen LogP contribution >= 0.6 is 23.4 Å². The number of aromatic nitrogens is 1. The normalized spacial score (nSPS) is 17.0. The first kappa shape index (κ1) is 19.3. The van der Waals surface area contributed by atoms with Crippen LogP contribution in [0.1, 0.15) is 12.5 Å². The minimum absolute atomic E-state index is 0.115. The Morgan fingerprint density at radius 2 is 2.11 bits per heavy atom. The van der Waals surface area contributed by atoms with Gasteiger partial charge in [-0.2, -0.15) is 0 Å². The van der Waals surface area contributed by atoms with E-state index in [-0.39, 0.29) is 5.91 Å². The Kier molecular flexibility index (Phi) is 6.03. The third kappa shape index (κ3) is 3.94. The molecule has 0 atom stereocenters. The first-order valence-electron chi connectivity index (χ1n) is 8.19. The molecule has 2 aromatic rings. The van der Waals surface area contributed by atoms with Gasteiger partial charge in [-0.15, -0.1) is 0 Å². The lowest BCUT2D eigenvalue weighted by atomic mass is 10.1. The molecule has 1 aliphatic heterocycles. The van der Waals surface area contributed by atoms with Crippen LogP contribution in [0.2, 0.25) is 5.02 Å². The van der Waals surface area contributed by atoms with E-state index in [1.54, 1.807) is 43.5 Å². The van der Waals surface area contributed by atoms with Crippen LogP contribution < -0.4 is 9.47 Å². The fourth-order valence-electron chi connectivity index (χ4n) is 2.60. The number of thioether (sulfide) groups is 1. The minimum Gasteiger partial charge on any atom is -0.493 e. The molecule has 1 aliphatic rings. The molecule has 1 aromatic heterocycles. The zero-order chi connectivity index (χ0) is 19.4. The maximum atomic E-state index is 12.8. The fourth-order valence-corrected chi connectivity index (χ4v) is 3.81. The summed E-state index contributed by atoms with van der Waals surface area (Å²) in [7, 11) is 3.15. The highest BCUT2D eigenvalue weighted by molar-refractivity contribution is 8.18. The van der Waals surface area contributed by atoms with Crippen LogP contribution in [0.5, 0.6) is 11.5 Å². The predicted molar refractivity (Wildman–Crippen MR) is 109 cm³/mol. The number of rotatable bonds is 5. The zero-order valence-corrected chi connectivity index (χ0v) is 16.7. The lowest BCUT2D eigenvalue weighted by Gasteiger charge is -2.12. The number of pyridine rings is 1. The van der Waals surface area contributed by atoms with Crippen LogP contribution in [0.4, 0.5) is 5.69 Å². The van der Waals surface area contributed by atoms with Crippen molar-refractivity contribution in [2.75, 3.05) is 20.8 Å². The monoisotopic (exact) mass is 403 g/mol. The van der Waals surface area contributed by atoms with Crippen molar-refractivity contribution in [1.82, 2.24) is 9.88 Å². The van der Waals surface area contributed by atoms with Crippen LogP contribution in [-0.2, 0) is 4.79 Å². The van der Waals surface area contributed by atoms with Crippen LogP contribution in [0.25, 0.3) is 6.08 Å². The van der Waals surface area contributed by atoms with Gasteiger partial charge in [-0.25, -0.2) is 4.99 Å². The van der Waals surface area contributed by atoms with Gasteiger partial charge in [0.1, 0.15) is 0 Å². The summed E-state index contributed by atoms with van der Waals surface area (Å²) in [4.78, 5) is 23.5. The van der Waals surface area contributed by atoms with Crippen molar-refractivity contribution in [2.24, 2.45) is 4.99 Å². The Morgan fingerprint density at radius 3 is 2.78 bits per heavy atom. The van der Waals surface area contributed by atoms with Crippen molar-refractivity contribution < 1.29 is 14.3 Å². The lowest BCUT2D eigenvalue weighted by molar-refractivity contribution is -0.122. The van der Waals surface area contributed by atoms with Crippen LogP contribution in [0, 0.1) is 0 Å². The number of amidine groups is 1. The molecule has 0 saturated carbocycles. The maximum absolute atomic E-state index is 12.8. The zero-order valence-electron chi connectivity index (χ0n) is 15.1. The average Bonchev–Trinajstić information content (AvgIpc) is 2.97. The number of methoxy groups -OCH3 is 2. The molecule has 3 rings (SSSR count). The SMILES string of the molecule is CCN1C(=O)/C(=C/c2cccc(OC)c2OC)SC1=Nc1ccncc1Cl. The molecular weight excluding hydrogens is 386 g/mol. The van der Waals surface area contributed by atoms with E-state index in [2.05, 4.69) is 9.98 Å². The molecule has 1 aromatic carbocycles. The molecule has 0 radical (unpaired) electrons. The Hall–Kier alpha value is -2.51. The van der Waals surface area contributed by atoms with E-state index in [4.69, 9.17) is 21.1 Å². The second kappa shape index (κ2) is 8.45. The highest BCUT2D eigenvalue weighted by atomic mass is 35.5. The molecule has 0 bridgehead atoms. The molecule has 8 heteroatoms. The first-order chi connectivity index (χ1) is 13.1. The van der Waals surface area contributed by atoms with E-state index >= 15 is 0 Å². The standard InChI is InChI=1S/C19H18ClN3O3S/c1-4-23-18(24)16(10-12-6-5-7-15(25-2)17(12)26-3)27-19(23)22-14-8-9-21-11-13(14)20/h5-11H,4H2,1-3H3/b16-10-,22-19?. The second-order valence-corrected chi connectivity index (χ2v) is 6.88. The fraction of sp³-hybridized carbons (Fsp3) is 0.211. The molecule has 0 unspecified atom stereocenters. The molecule has 0 N–H and O–H groups in total. The van der Waals surface area contributed by atoms with E-state index < -0.39 is 0 Å². The third-order valence-corrected chi connectivity index (χ3v) is 5.19. The first-order valence-corrected chi connectivity index (χ1v) is 9.39. The van der Waals surface area contributed by atoms with Gasteiger partial charge < -0.3 is 9.47 Å². The molecule has 0 aliphatic carbocycles. The number of halogens is 1. The summed E-state index contributed by atoms with van der Waals surface area (Å²) in [5.41, 5.74) is 1.33. The summed E-state index contributed by atoms with van der Waals surface area (Å²) in [6.45, 7) is 2.40. The van der Waals surface area contributed by atoms with E-state index in [1.807, 2.05) is 19.1 Å². The molecule has 1 fully saturated rings. The number of para-hydroxylation sites is 1. The average molecular weight is 404 g/mol. The molecule has 140 valence electrons. The largest absolute Gasteiger partial charge is 0.493 e. The summed E-state index contributed by atoms with van der Waals surface area (Å²) in [6, 6.07) is 7.23. The van der Waals surface area contributed by atoms with Gasteiger partial charge in [0.05, 0.1) is 29.8 Å². The van der Waals surface area contributed by atoms with Gasteiger partial charge in [0, 0.05) is 24.5 Å². The molecule has 27 heavy (non-hydrogen) atoms. The van der Waals surface area contributed by atoms with Crippen molar-refractivity contribution >= 4 is 46.2 Å². The number of hydrogen-bond donors (Lipinski definition) is 0.